The third-order valence-electron chi connectivity index (χ3n) is 3.35. The molecule has 18 heavy (non-hydrogen) atoms. The van der Waals surface area contributed by atoms with Gasteiger partial charge >= 0.3 is 0 Å². The number of anilines is 1. The van der Waals surface area contributed by atoms with Crippen molar-refractivity contribution in [3.05, 3.63) is 18.0 Å². The van der Waals surface area contributed by atoms with Gasteiger partial charge in [-0.05, 0) is 25.3 Å². The lowest BCUT2D eigenvalue weighted by Gasteiger charge is -2.32. The van der Waals surface area contributed by atoms with E-state index in [1.807, 2.05) is 17.9 Å². The molecule has 1 fully saturated rings. The monoisotopic (exact) mass is 248 g/mol. The van der Waals surface area contributed by atoms with Crippen LogP contribution in [0.25, 0.3) is 0 Å². The Kier molecular flexibility index (Phi) is 4.12. The molecule has 98 valence electrons. The van der Waals surface area contributed by atoms with E-state index in [4.69, 9.17) is 5.73 Å². The lowest BCUT2D eigenvalue weighted by molar-refractivity contribution is -0.132. The number of nitrogen functional groups attached to an aromatic ring is 1. The number of nitrogens with two attached hydrogens (primary N) is 1. The number of carbonyl (C=O) groups is 1. The SMILES string of the molecule is CCCC(=O)N1CCC[C@H](c2ccnc(N)n2)C1. The van der Waals surface area contributed by atoms with Gasteiger partial charge in [0.2, 0.25) is 11.9 Å². The molecule has 0 unspecified atom stereocenters. The standard InChI is InChI=1S/C13H20N4O/c1-2-4-12(18)17-8-3-5-10(9-17)11-6-7-15-13(14)16-11/h6-7,10H,2-5,8-9H2,1H3,(H2,14,15,16)/t10-/m0/s1. The van der Waals surface area contributed by atoms with Crippen LogP contribution >= 0.6 is 0 Å². The van der Waals surface area contributed by atoms with E-state index in [1.54, 1.807) is 6.20 Å². The molecule has 1 aromatic rings. The summed E-state index contributed by atoms with van der Waals surface area (Å²) in [5.74, 6) is 0.860. The number of hydrogen-bond acceptors (Lipinski definition) is 4. The maximum atomic E-state index is 11.9. The molecule has 0 bridgehead atoms. The predicted octanol–water partition coefficient (Wildman–Crippen LogP) is 1.56. The second-order valence-corrected chi connectivity index (χ2v) is 4.77. The largest absolute Gasteiger partial charge is 0.368 e. The Bertz CT molecular complexity index is 421. The summed E-state index contributed by atoms with van der Waals surface area (Å²) in [7, 11) is 0. The molecular weight excluding hydrogens is 228 g/mol. The Morgan fingerprint density at radius 1 is 1.61 bits per heavy atom. The number of carbonyl (C=O) groups excluding carboxylic acids is 1. The minimum absolute atomic E-state index is 0.254. The van der Waals surface area contributed by atoms with Gasteiger partial charge in [0, 0.05) is 31.6 Å². The molecule has 1 amide bonds. The van der Waals surface area contributed by atoms with Crippen LogP contribution in [0.15, 0.2) is 12.3 Å². The number of likely N-dealkylation sites (tertiary alicyclic amines) is 1. The van der Waals surface area contributed by atoms with Crippen LogP contribution in [-0.2, 0) is 4.79 Å². The molecule has 1 aliphatic heterocycles. The van der Waals surface area contributed by atoms with Crippen LogP contribution in [0.4, 0.5) is 5.95 Å². The minimum Gasteiger partial charge on any atom is -0.368 e. The van der Waals surface area contributed by atoms with Crippen molar-refractivity contribution < 1.29 is 4.79 Å². The van der Waals surface area contributed by atoms with Crippen molar-refractivity contribution in [3.63, 3.8) is 0 Å². The second kappa shape index (κ2) is 5.80. The van der Waals surface area contributed by atoms with Crippen molar-refractivity contribution in [2.24, 2.45) is 0 Å². The molecule has 0 aliphatic carbocycles. The summed E-state index contributed by atoms with van der Waals surface area (Å²) in [5.41, 5.74) is 6.56. The van der Waals surface area contributed by atoms with Crippen molar-refractivity contribution in [3.8, 4) is 0 Å². The van der Waals surface area contributed by atoms with Gasteiger partial charge in [-0.3, -0.25) is 4.79 Å². The van der Waals surface area contributed by atoms with E-state index in [0.717, 1.165) is 38.0 Å². The van der Waals surface area contributed by atoms with Crippen molar-refractivity contribution in [1.82, 2.24) is 14.9 Å². The zero-order valence-corrected chi connectivity index (χ0v) is 10.8. The molecule has 2 heterocycles. The lowest BCUT2D eigenvalue weighted by Crippen LogP contribution is -2.39. The average molecular weight is 248 g/mol. The average Bonchev–Trinajstić information content (AvgIpc) is 2.39. The molecule has 0 saturated carbocycles. The van der Waals surface area contributed by atoms with E-state index in [0.29, 0.717) is 18.3 Å². The fourth-order valence-electron chi connectivity index (χ4n) is 2.43. The van der Waals surface area contributed by atoms with Crippen molar-refractivity contribution in [1.29, 1.82) is 0 Å². The number of aromatic nitrogens is 2. The summed E-state index contributed by atoms with van der Waals surface area (Å²) in [6.07, 6.45) is 5.32. The highest BCUT2D eigenvalue weighted by molar-refractivity contribution is 5.76. The van der Waals surface area contributed by atoms with Crippen LogP contribution in [0.3, 0.4) is 0 Å². The van der Waals surface area contributed by atoms with Gasteiger partial charge < -0.3 is 10.6 Å². The molecule has 0 spiro atoms. The first-order valence-electron chi connectivity index (χ1n) is 6.57. The summed E-state index contributed by atoms with van der Waals surface area (Å²) < 4.78 is 0. The smallest absolute Gasteiger partial charge is 0.222 e. The molecule has 0 aromatic carbocycles. The zero-order chi connectivity index (χ0) is 13.0. The van der Waals surface area contributed by atoms with Crippen molar-refractivity contribution in [2.45, 2.75) is 38.5 Å². The third-order valence-corrected chi connectivity index (χ3v) is 3.35. The lowest BCUT2D eigenvalue weighted by atomic mass is 9.94. The topological polar surface area (TPSA) is 72.1 Å². The molecular formula is C13H20N4O. The van der Waals surface area contributed by atoms with E-state index in [2.05, 4.69) is 9.97 Å². The number of nitrogens with zero attached hydrogens (tertiary/aromatic N) is 3. The summed E-state index contributed by atoms with van der Waals surface area (Å²) in [6.45, 7) is 3.66. The second-order valence-electron chi connectivity index (χ2n) is 4.77. The van der Waals surface area contributed by atoms with Crippen LogP contribution in [-0.4, -0.2) is 33.9 Å². The molecule has 2 N–H and O–H groups in total. The summed E-state index contributed by atoms with van der Waals surface area (Å²) >= 11 is 0. The summed E-state index contributed by atoms with van der Waals surface area (Å²) in [5, 5.41) is 0. The molecule has 1 aliphatic rings. The van der Waals surface area contributed by atoms with Crippen molar-refractivity contribution >= 4 is 11.9 Å². The fourth-order valence-corrected chi connectivity index (χ4v) is 2.43. The van der Waals surface area contributed by atoms with Crippen LogP contribution in [0.2, 0.25) is 0 Å². The van der Waals surface area contributed by atoms with Gasteiger partial charge in [-0.1, -0.05) is 6.92 Å². The maximum Gasteiger partial charge on any atom is 0.222 e. The molecule has 1 saturated heterocycles. The molecule has 2 rings (SSSR count). The van der Waals surface area contributed by atoms with Gasteiger partial charge in [-0.25, -0.2) is 9.97 Å². The highest BCUT2D eigenvalue weighted by Crippen LogP contribution is 2.26. The highest BCUT2D eigenvalue weighted by atomic mass is 16.2. The van der Waals surface area contributed by atoms with Crippen LogP contribution in [0, 0.1) is 0 Å². The molecule has 1 aromatic heterocycles. The number of rotatable bonds is 3. The Labute approximate surface area is 107 Å². The van der Waals surface area contributed by atoms with Gasteiger partial charge in [-0.15, -0.1) is 0 Å². The Morgan fingerprint density at radius 3 is 3.17 bits per heavy atom. The van der Waals surface area contributed by atoms with Gasteiger partial charge in [-0.2, -0.15) is 0 Å². The fraction of sp³-hybridized carbons (Fsp3) is 0.615. The molecule has 0 radical (unpaired) electrons. The number of hydrogen-bond donors (Lipinski definition) is 1. The first kappa shape index (κ1) is 12.8. The zero-order valence-electron chi connectivity index (χ0n) is 10.8. The van der Waals surface area contributed by atoms with Crippen molar-refractivity contribution in [2.75, 3.05) is 18.8 Å². The predicted molar refractivity (Wildman–Crippen MR) is 69.9 cm³/mol. The van der Waals surface area contributed by atoms with Gasteiger partial charge in [0.1, 0.15) is 0 Å². The maximum absolute atomic E-state index is 11.9. The van der Waals surface area contributed by atoms with E-state index in [9.17, 15) is 4.79 Å². The first-order chi connectivity index (χ1) is 8.70. The van der Waals surface area contributed by atoms with Crippen LogP contribution in [0.1, 0.15) is 44.2 Å². The quantitative estimate of drug-likeness (QED) is 0.881. The number of amides is 1. The summed E-state index contributed by atoms with van der Waals surface area (Å²) in [6, 6.07) is 1.90. The first-order valence-corrected chi connectivity index (χ1v) is 6.57. The molecule has 1 atom stereocenters. The Balaban J connectivity index is 2.04. The van der Waals surface area contributed by atoms with E-state index in [-0.39, 0.29) is 5.91 Å². The van der Waals surface area contributed by atoms with Crippen LogP contribution in [0.5, 0.6) is 0 Å². The Morgan fingerprint density at radius 2 is 2.44 bits per heavy atom. The number of piperidine rings is 1. The molecule has 5 heteroatoms. The summed E-state index contributed by atoms with van der Waals surface area (Å²) in [4.78, 5) is 22.0. The van der Waals surface area contributed by atoms with Gasteiger partial charge in [0.25, 0.3) is 0 Å². The normalized spacial score (nSPS) is 19.8. The molecule has 5 nitrogen and oxygen atoms in total. The van der Waals surface area contributed by atoms with E-state index in [1.165, 1.54) is 0 Å². The highest BCUT2D eigenvalue weighted by Gasteiger charge is 2.25. The Hall–Kier alpha value is -1.65. The third kappa shape index (κ3) is 2.97. The van der Waals surface area contributed by atoms with Gasteiger partial charge in [0.05, 0.1) is 5.69 Å². The van der Waals surface area contributed by atoms with E-state index >= 15 is 0 Å². The van der Waals surface area contributed by atoms with Gasteiger partial charge in [0.15, 0.2) is 0 Å². The van der Waals surface area contributed by atoms with E-state index < -0.39 is 0 Å². The minimum atomic E-state index is 0.254. The van der Waals surface area contributed by atoms with Crippen LogP contribution < -0.4 is 5.73 Å².